The lowest BCUT2D eigenvalue weighted by Gasteiger charge is -2.38. The van der Waals surface area contributed by atoms with E-state index in [0.29, 0.717) is 36.0 Å². The van der Waals surface area contributed by atoms with Gasteiger partial charge in [-0.1, -0.05) is 30.3 Å². The van der Waals surface area contributed by atoms with Crippen LogP contribution in [0.2, 0.25) is 0 Å². The molecule has 9 nitrogen and oxygen atoms in total. The zero-order valence-corrected chi connectivity index (χ0v) is 26.5. The Morgan fingerprint density at radius 2 is 1.60 bits per heavy atom. The van der Waals surface area contributed by atoms with Crippen molar-refractivity contribution >= 4 is 28.9 Å². The number of para-hydroxylation sites is 3. The molecule has 2 heterocycles. The Balaban J connectivity index is 1.23. The van der Waals surface area contributed by atoms with E-state index in [1.165, 1.54) is 24.7 Å². The molecular formula is C36H42N6O3. The Kier molecular flexibility index (Phi) is 9.16. The van der Waals surface area contributed by atoms with E-state index in [2.05, 4.69) is 56.4 Å². The van der Waals surface area contributed by atoms with Crippen LogP contribution in [0.5, 0.6) is 17.4 Å². The quantitative estimate of drug-likeness (QED) is 0.185. The van der Waals surface area contributed by atoms with Crippen LogP contribution in [-0.2, 0) is 0 Å². The summed E-state index contributed by atoms with van der Waals surface area (Å²) in [7, 11) is 0. The summed E-state index contributed by atoms with van der Waals surface area (Å²) < 4.78 is 12.4. The maximum absolute atomic E-state index is 13.6. The third kappa shape index (κ3) is 7.54. The smallest absolute Gasteiger partial charge is 0.262 e. The van der Waals surface area contributed by atoms with Gasteiger partial charge in [-0.25, -0.2) is 4.98 Å². The summed E-state index contributed by atoms with van der Waals surface area (Å²) in [5, 5.41) is 6.33. The van der Waals surface area contributed by atoms with Crippen LogP contribution in [0.1, 0.15) is 48.2 Å². The van der Waals surface area contributed by atoms with Crippen molar-refractivity contribution in [1.29, 1.82) is 0 Å². The minimum Gasteiger partial charge on any atom is -0.489 e. The van der Waals surface area contributed by atoms with Gasteiger partial charge in [-0.05, 0) is 94.0 Å². The maximum Gasteiger partial charge on any atom is 0.262 e. The van der Waals surface area contributed by atoms with Gasteiger partial charge < -0.3 is 25.0 Å². The zero-order valence-electron chi connectivity index (χ0n) is 26.5. The molecule has 1 aliphatic heterocycles. The average Bonchev–Trinajstić information content (AvgIpc) is 3.88. The number of hydrogen-bond donors (Lipinski definition) is 2. The van der Waals surface area contributed by atoms with Gasteiger partial charge in [0.05, 0.1) is 6.61 Å². The van der Waals surface area contributed by atoms with Gasteiger partial charge in [-0.15, -0.1) is 0 Å². The zero-order chi connectivity index (χ0) is 31.3. The van der Waals surface area contributed by atoms with Crippen molar-refractivity contribution in [3.63, 3.8) is 0 Å². The SMILES string of the molecule is Cc1cccc(C)c1NC(=O)c1cnc(Nc2ccc(N3CCN(C(C)C)CC3)cc2)nc1Oc1ccccc1OCC1CC1. The first-order valence-corrected chi connectivity index (χ1v) is 15.8. The number of ether oxygens (including phenoxy) is 2. The largest absolute Gasteiger partial charge is 0.489 e. The van der Waals surface area contributed by atoms with Crippen molar-refractivity contribution in [2.45, 2.75) is 46.6 Å². The molecule has 9 heteroatoms. The molecule has 0 radical (unpaired) electrons. The number of benzene rings is 3. The molecule has 45 heavy (non-hydrogen) atoms. The van der Waals surface area contributed by atoms with Gasteiger partial charge in [0.2, 0.25) is 11.8 Å². The summed E-state index contributed by atoms with van der Waals surface area (Å²) >= 11 is 0. The molecule has 3 aromatic carbocycles. The van der Waals surface area contributed by atoms with Crippen LogP contribution >= 0.6 is 0 Å². The highest BCUT2D eigenvalue weighted by molar-refractivity contribution is 6.06. The summed E-state index contributed by atoms with van der Waals surface area (Å²) in [6, 6.07) is 22.2. The lowest BCUT2D eigenvalue weighted by molar-refractivity contribution is 0.102. The predicted octanol–water partition coefficient (Wildman–Crippen LogP) is 7.20. The predicted molar refractivity (Wildman–Crippen MR) is 179 cm³/mol. The van der Waals surface area contributed by atoms with E-state index in [1.807, 2.05) is 68.4 Å². The molecule has 0 unspecified atom stereocenters. The molecule has 0 bridgehead atoms. The van der Waals surface area contributed by atoms with Crippen molar-refractivity contribution in [2.75, 3.05) is 48.3 Å². The van der Waals surface area contributed by atoms with Crippen LogP contribution in [0.25, 0.3) is 0 Å². The van der Waals surface area contributed by atoms with Gasteiger partial charge in [0, 0.05) is 55.5 Å². The number of piperazine rings is 1. The van der Waals surface area contributed by atoms with Crippen LogP contribution in [0, 0.1) is 19.8 Å². The molecule has 1 saturated heterocycles. The van der Waals surface area contributed by atoms with Gasteiger partial charge in [0.1, 0.15) is 5.56 Å². The Labute approximate surface area is 265 Å². The molecule has 234 valence electrons. The molecule has 6 rings (SSSR count). The standard InChI is InChI=1S/C36H42N6O3/c1-24(2)41-18-20-42(21-19-41)29-16-14-28(15-17-29)38-36-37-22-30(34(43)39-33-25(3)8-7-9-26(33)4)35(40-36)45-32-11-6-5-10-31(32)44-23-27-12-13-27/h5-11,14-17,22,24,27H,12-13,18-21,23H2,1-4H3,(H,39,43)(H,37,38,40). The first-order chi connectivity index (χ1) is 21.8. The minimum absolute atomic E-state index is 0.137. The maximum atomic E-state index is 13.6. The summed E-state index contributed by atoms with van der Waals surface area (Å²) in [5.41, 5.74) is 4.94. The van der Waals surface area contributed by atoms with Gasteiger partial charge in [0.15, 0.2) is 11.5 Å². The molecule has 1 amide bonds. The van der Waals surface area contributed by atoms with E-state index in [9.17, 15) is 4.79 Å². The second-order valence-corrected chi connectivity index (χ2v) is 12.2. The van der Waals surface area contributed by atoms with Crippen LogP contribution in [0.4, 0.5) is 23.0 Å². The van der Waals surface area contributed by atoms with Crippen molar-refractivity contribution in [3.8, 4) is 17.4 Å². The first kappa shape index (κ1) is 30.4. The molecule has 0 atom stereocenters. The van der Waals surface area contributed by atoms with Gasteiger partial charge in [-0.3, -0.25) is 9.69 Å². The van der Waals surface area contributed by atoms with Crippen molar-refractivity contribution in [2.24, 2.45) is 5.92 Å². The van der Waals surface area contributed by atoms with E-state index in [-0.39, 0.29) is 17.4 Å². The van der Waals surface area contributed by atoms with Crippen molar-refractivity contribution in [1.82, 2.24) is 14.9 Å². The Morgan fingerprint density at radius 1 is 0.911 bits per heavy atom. The van der Waals surface area contributed by atoms with Crippen LogP contribution < -0.4 is 25.0 Å². The number of carbonyl (C=O) groups is 1. The number of amides is 1. The lowest BCUT2D eigenvalue weighted by atomic mass is 10.1. The number of rotatable bonds is 11. The second-order valence-electron chi connectivity index (χ2n) is 12.2. The number of anilines is 4. The molecule has 2 N–H and O–H groups in total. The fourth-order valence-corrected chi connectivity index (χ4v) is 5.48. The minimum atomic E-state index is -0.354. The van der Waals surface area contributed by atoms with E-state index in [0.717, 1.165) is 48.7 Å². The molecule has 1 saturated carbocycles. The number of nitrogens with one attached hydrogen (secondary N) is 2. The highest BCUT2D eigenvalue weighted by atomic mass is 16.5. The third-order valence-electron chi connectivity index (χ3n) is 8.48. The molecule has 1 aliphatic carbocycles. The molecule has 2 fully saturated rings. The van der Waals surface area contributed by atoms with Gasteiger partial charge >= 0.3 is 0 Å². The fraction of sp³-hybridized carbons (Fsp3) is 0.361. The van der Waals surface area contributed by atoms with Gasteiger partial charge in [-0.2, -0.15) is 4.98 Å². The van der Waals surface area contributed by atoms with Crippen molar-refractivity contribution in [3.05, 3.63) is 89.6 Å². The Hall–Kier alpha value is -4.63. The summed E-state index contributed by atoms with van der Waals surface area (Å²) in [5.74, 6) is 1.80. The Bertz CT molecular complexity index is 1610. The van der Waals surface area contributed by atoms with Crippen LogP contribution in [0.3, 0.4) is 0 Å². The number of nitrogens with zero attached hydrogens (tertiary/aromatic N) is 4. The topological polar surface area (TPSA) is 91.9 Å². The molecule has 2 aliphatic rings. The summed E-state index contributed by atoms with van der Waals surface area (Å²) in [6.45, 7) is 13.2. The normalized spacial score (nSPS) is 15.2. The van der Waals surface area contributed by atoms with Crippen LogP contribution in [-0.4, -0.2) is 59.6 Å². The molecular weight excluding hydrogens is 564 g/mol. The number of aryl methyl sites for hydroxylation is 2. The number of carbonyl (C=O) groups excluding carboxylic acids is 1. The second kappa shape index (κ2) is 13.6. The van der Waals surface area contributed by atoms with E-state index in [4.69, 9.17) is 9.47 Å². The summed E-state index contributed by atoms with van der Waals surface area (Å²) in [6.07, 6.45) is 3.87. The summed E-state index contributed by atoms with van der Waals surface area (Å²) in [4.78, 5) is 27.7. The highest BCUT2D eigenvalue weighted by Crippen LogP contribution is 2.36. The number of aromatic nitrogens is 2. The van der Waals surface area contributed by atoms with E-state index in [1.54, 1.807) is 0 Å². The Morgan fingerprint density at radius 3 is 2.27 bits per heavy atom. The monoisotopic (exact) mass is 606 g/mol. The lowest BCUT2D eigenvalue weighted by Crippen LogP contribution is -2.48. The molecule has 1 aromatic heterocycles. The fourth-order valence-electron chi connectivity index (χ4n) is 5.48. The molecule has 0 spiro atoms. The van der Waals surface area contributed by atoms with E-state index < -0.39 is 0 Å². The van der Waals surface area contributed by atoms with E-state index >= 15 is 0 Å². The third-order valence-corrected chi connectivity index (χ3v) is 8.48. The molecule has 4 aromatic rings. The average molecular weight is 607 g/mol. The van der Waals surface area contributed by atoms with Gasteiger partial charge in [0.25, 0.3) is 5.91 Å². The number of hydrogen-bond acceptors (Lipinski definition) is 8. The van der Waals surface area contributed by atoms with Crippen molar-refractivity contribution < 1.29 is 14.3 Å². The highest BCUT2D eigenvalue weighted by Gasteiger charge is 2.24. The first-order valence-electron chi connectivity index (χ1n) is 15.8. The van der Waals surface area contributed by atoms with Crippen LogP contribution in [0.15, 0.2) is 72.9 Å².